The van der Waals surface area contributed by atoms with Crippen molar-refractivity contribution >= 4 is 29.3 Å². The SMILES string of the molecule is CCC(C)C(C(CC(=O)N1CCCC1C(OC)C(C)C(=O)NC(C)C(O)c1ccccc1)OC)N(C)C(=O)C(NC(=O)C(C(C)C)N(C)CCc1ccc(NC)cc1)C(C)C. The predicted molar refractivity (Wildman–Crippen MR) is 243 cm³/mol. The van der Waals surface area contributed by atoms with Crippen LogP contribution in [0, 0.1) is 23.7 Å². The molecule has 1 fully saturated rings. The van der Waals surface area contributed by atoms with Crippen LogP contribution in [-0.2, 0) is 35.1 Å². The Labute approximate surface area is 366 Å². The molecule has 61 heavy (non-hydrogen) atoms. The number of methoxy groups -OCH3 is 2. The number of amides is 4. The maximum Gasteiger partial charge on any atom is 0.245 e. The van der Waals surface area contributed by atoms with E-state index in [0.29, 0.717) is 25.1 Å². The van der Waals surface area contributed by atoms with Crippen LogP contribution in [0.25, 0.3) is 0 Å². The van der Waals surface area contributed by atoms with Crippen molar-refractivity contribution in [1.29, 1.82) is 0 Å². The summed E-state index contributed by atoms with van der Waals surface area (Å²) < 4.78 is 12.0. The highest BCUT2D eigenvalue weighted by molar-refractivity contribution is 5.90. The molecule has 2 aromatic carbocycles. The van der Waals surface area contributed by atoms with E-state index < -0.39 is 48.4 Å². The average molecular weight is 851 g/mol. The van der Waals surface area contributed by atoms with Gasteiger partial charge >= 0.3 is 0 Å². The molecule has 0 aliphatic carbocycles. The van der Waals surface area contributed by atoms with Crippen LogP contribution >= 0.6 is 0 Å². The van der Waals surface area contributed by atoms with Gasteiger partial charge in [0.05, 0.1) is 54.8 Å². The van der Waals surface area contributed by atoms with Gasteiger partial charge in [0.15, 0.2) is 0 Å². The Hall–Kier alpha value is -4.04. The van der Waals surface area contributed by atoms with Gasteiger partial charge in [-0.05, 0) is 74.2 Å². The number of carbonyl (C=O) groups excluding carboxylic acids is 4. The first kappa shape index (κ1) is 51.3. The van der Waals surface area contributed by atoms with E-state index in [1.54, 1.807) is 44.9 Å². The molecule has 342 valence electrons. The highest BCUT2D eigenvalue weighted by atomic mass is 16.5. The van der Waals surface area contributed by atoms with Crippen LogP contribution in [0.4, 0.5) is 5.69 Å². The van der Waals surface area contributed by atoms with E-state index in [0.717, 1.165) is 24.9 Å². The van der Waals surface area contributed by atoms with Crippen molar-refractivity contribution in [3.05, 3.63) is 65.7 Å². The van der Waals surface area contributed by atoms with Gasteiger partial charge in [0.1, 0.15) is 6.04 Å². The summed E-state index contributed by atoms with van der Waals surface area (Å²) in [6.07, 6.45) is 0.842. The minimum atomic E-state index is -0.883. The molecule has 1 aliphatic rings. The van der Waals surface area contributed by atoms with Gasteiger partial charge in [0.2, 0.25) is 23.6 Å². The highest BCUT2D eigenvalue weighted by Gasteiger charge is 2.43. The van der Waals surface area contributed by atoms with E-state index in [4.69, 9.17) is 9.47 Å². The average Bonchev–Trinajstić information content (AvgIpc) is 3.74. The largest absolute Gasteiger partial charge is 0.388 e. The molecule has 0 radical (unpaired) electrons. The van der Waals surface area contributed by atoms with Crippen LogP contribution in [0.2, 0.25) is 0 Å². The number of nitrogens with one attached hydrogen (secondary N) is 3. The molecule has 4 N–H and O–H groups in total. The summed E-state index contributed by atoms with van der Waals surface area (Å²) in [5.41, 5.74) is 2.93. The summed E-state index contributed by atoms with van der Waals surface area (Å²) in [6, 6.07) is 14.9. The van der Waals surface area contributed by atoms with Crippen LogP contribution in [0.5, 0.6) is 0 Å². The second-order valence-corrected chi connectivity index (χ2v) is 17.8. The fraction of sp³-hybridized carbons (Fsp3) is 0.667. The molecule has 0 spiro atoms. The second kappa shape index (κ2) is 24.6. The van der Waals surface area contributed by atoms with E-state index >= 15 is 0 Å². The first-order chi connectivity index (χ1) is 28.9. The first-order valence-electron chi connectivity index (χ1n) is 22.3. The Morgan fingerprint density at radius 2 is 1.51 bits per heavy atom. The standard InChI is InChI=1S/C48H78N6O7/c1-14-32(6)43(53(11)48(59)41(30(2)3)51-47(58)42(31(4)5)52(10)28-26-35-22-24-37(49-9)25-23-35)39(60-12)29-40(55)54-27-18-21-38(54)45(61-13)33(7)46(57)50-34(8)44(56)36-19-16-15-17-20-36/h15-17,19-20,22-25,30-34,38-39,41-45,49,56H,14,18,21,26-29H2,1-13H3,(H,50,57)(H,51,58). The molecule has 4 amide bonds. The molecule has 1 aliphatic heterocycles. The van der Waals surface area contributed by atoms with Crippen molar-refractivity contribution in [2.45, 2.75) is 136 Å². The number of aliphatic hydroxyl groups is 1. The second-order valence-electron chi connectivity index (χ2n) is 17.8. The maximum atomic E-state index is 14.6. The van der Waals surface area contributed by atoms with Crippen molar-refractivity contribution in [2.75, 3.05) is 53.8 Å². The van der Waals surface area contributed by atoms with Gasteiger partial charge in [-0.2, -0.15) is 0 Å². The van der Waals surface area contributed by atoms with Gasteiger partial charge in [-0.15, -0.1) is 0 Å². The molecule has 0 aromatic heterocycles. The van der Waals surface area contributed by atoms with Crippen LogP contribution in [-0.4, -0.2) is 134 Å². The summed E-state index contributed by atoms with van der Waals surface area (Å²) in [5, 5.41) is 20.1. The predicted octanol–water partition coefficient (Wildman–Crippen LogP) is 5.53. The lowest BCUT2D eigenvalue weighted by Gasteiger charge is -2.41. The van der Waals surface area contributed by atoms with E-state index in [9.17, 15) is 24.3 Å². The third-order valence-electron chi connectivity index (χ3n) is 12.8. The fourth-order valence-corrected chi connectivity index (χ4v) is 8.95. The zero-order valence-corrected chi connectivity index (χ0v) is 39.3. The minimum Gasteiger partial charge on any atom is -0.388 e. The maximum absolute atomic E-state index is 14.6. The monoisotopic (exact) mass is 851 g/mol. The smallest absolute Gasteiger partial charge is 0.245 e. The van der Waals surface area contributed by atoms with Gasteiger partial charge in [0.25, 0.3) is 0 Å². The molecule has 0 bridgehead atoms. The molecule has 13 heteroatoms. The molecular weight excluding hydrogens is 773 g/mol. The highest BCUT2D eigenvalue weighted by Crippen LogP contribution is 2.30. The van der Waals surface area contributed by atoms with E-state index in [1.807, 2.05) is 84.3 Å². The molecule has 1 saturated heterocycles. The lowest BCUT2D eigenvalue weighted by molar-refractivity contribution is -0.148. The normalized spacial score (nSPS) is 18.8. The van der Waals surface area contributed by atoms with Crippen LogP contribution in [0.15, 0.2) is 54.6 Å². The molecule has 3 rings (SSSR count). The zero-order valence-electron chi connectivity index (χ0n) is 39.3. The lowest BCUT2D eigenvalue weighted by Crippen LogP contribution is -2.60. The lowest BCUT2D eigenvalue weighted by atomic mass is 9.89. The van der Waals surface area contributed by atoms with Gasteiger partial charge in [-0.1, -0.05) is 97.4 Å². The van der Waals surface area contributed by atoms with Crippen molar-refractivity contribution in [1.82, 2.24) is 25.3 Å². The molecule has 10 atom stereocenters. The van der Waals surface area contributed by atoms with Crippen LogP contribution < -0.4 is 16.0 Å². The summed E-state index contributed by atoms with van der Waals surface area (Å²) in [7, 11) is 8.73. The number of hydrogen-bond donors (Lipinski definition) is 4. The number of benzene rings is 2. The number of hydrogen-bond acceptors (Lipinski definition) is 9. The van der Waals surface area contributed by atoms with Crippen molar-refractivity contribution < 1.29 is 33.8 Å². The number of aliphatic hydroxyl groups excluding tert-OH is 1. The minimum absolute atomic E-state index is 0.00496. The molecule has 2 aromatic rings. The number of anilines is 1. The molecule has 0 saturated carbocycles. The van der Waals surface area contributed by atoms with Crippen LogP contribution in [0.3, 0.4) is 0 Å². The first-order valence-corrected chi connectivity index (χ1v) is 22.3. The summed E-state index contributed by atoms with van der Waals surface area (Å²) in [5.74, 6) is -1.70. The van der Waals surface area contributed by atoms with Crippen molar-refractivity contribution in [3.8, 4) is 0 Å². The van der Waals surface area contributed by atoms with Gasteiger partial charge in [0, 0.05) is 47.1 Å². The molecule has 13 nitrogen and oxygen atoms in total. The number of carbonyl (C=O) groups is 4. The van der Waals surface area contributed by atoms with Crippen molar-refractivity contribution in [2.24, 2.45) is 23.7 Å². The fourth-order valence-electron chi connectivity index (χ4n) is 8.95. The topological polar surface area (TPSA) is 153 Å². The van der Waals surface area contributed by atoms with Gasteiger partial charge < -0.3 is 40.3 Å². The number of ether oxygens (including phenoxy) is 2. The Kier molecular flexibility index (Phi) is 20.7. The van der Waals surface area contributed by atoms with Gasteiger partial charge in [-0.25, -0.2) is 0 Å². The zero-order chi connectivity index (χ0) is 45.6. The number of likely N-dealkylation sites (N-methyl/N-ethyl adjacent to an activating group) is 2. The van der Waals surface area contributed by atoms with Crippen molar-refractivity contribution in [3.63, 3.8) is 0 Å². The van der Waals surface area contributed by atoms with E-state index in [1.165, 1.54) is 5.56 Å². The van der Waals surface area contributed by atoms with Crippen LogP contribution in [0.1, 0.15) is 98.3 Å². The summed E-state index contributed by atoms with van der Waals surface area (Å²) in [4.78, 5) is 62.1. The molecular formula is C48H78N6O7. The third kappa shape index (κ3) is 13.7. The number of rotatable bonds is 24. The summed E-state index contributed by atoms with van der Waals surface area (Å²) >= 11 is 0. The Bertz CT molecular complexity index is 1660. The molecule has 10 unspecified atom stereocenters. The third-order valence-corrected chi connectivity index (χ3v) is 12.8. The summed E-state index contributed by atoms with van der Waals surface area (Å²) in [6.45, 7) is 16.8. The van der Waals surface area contributed by atoms with E-state index in [-0.39, 0.29) is 53.8 Å². The Morgan fingerprint density at radius 1 is 0.869 bits per heavy atom. The quantitative estimate of drug-likeness (QED) is 0.107. The Balaban J connectivity index is 1.75. The van der Waals surface area contributed by atoms with E-state index in [2.05, 4.69) is 46.8 Å². The molecule has 1 heterocycles. The van der Waals surface area contributed by atoms with Gasteiger partial charge in [-0.3, -0.25) is 24.1 Å². The number of likely N-dealkylation sites (tertiary alicyclic amines) is 1. The Morgan fingerprint density at radius 3 is 2.05 bits per heavy atom. The number of nitrogens with zero attached hydrogens (tertiary/aromatic N) is 3.